The summed E-state index contributed by atoms with van der Waals surface area (Å²) >= 11 is 1.77. The van der Waals surface area contributed by atoms with Crippen molar-refractivity contribution in [3.05, 3.63) is 59.2 Å². The summed E-state index contributed by atoms with van der Waals surface area (Å²) in [4.78, 5) is 17.8. The second-order valence-corrected chi connectivity index (χ2v) is 11.9. The number of anilines is 2. The van der Waals surface area contributed by atoms with Crippen molar-refractivity contribution in [3.63, 3.8) is 0 Å². The zero-order valence-corrected chi connectivity index (χ0v) is 24.0. The highest BCUT2D eigenvalue weighted by Crippen LogP contribution is 2.32. The lowest BCUT2D eigenvalue weighted by molar-refractivity contribution is -0.113. The SMILES string of the molecule is Cc1cccc(N2CCN(CCCCCCSCC(=O)Nc3c(C(C)C)cccc3C(C)C)CC2)c1. The van der Waals surface area contributed by atoms with Gasteiger partial charge >= 0.3 is 0 Å². The summed E-state index contributed by atoms with van der Waals surface area (Å²) in [7, 11) is 0. The Labute approximate surface area is 224 Å². The van der Waals surface area contributed by atoms with Crippen LogP contribution < -0.4 is 10.2 Å². The first-order valence-electron chi connectivity index (χ1n) is 13.9. The van der Waals surface area contributed by atoms with Crippen molar-refractivity contribution in [2.75, 3.05) is 54.4 Å². The summed E-state index contributed by atoms with van der Waals surface area (Å²) in [6.07, 6.45) is 5.01. The molecule has 0 saturated carbocycles. The lowest BCUT2D eigenvalue weighted by Crippen LogP contribution is -2.46. The Kier molecular flexibility index (Phi) is 11.7. The number of nitrogens with one attached hydrogen (secondary N) is 1. The van der Waals surface area contributed by atoms with Crippen LogP contribution in [0.4, 0.5) is 11.4 Å². The average molecular weight is 510 g/mol. The van der Waals surface area contributed by atoms with E-state index in [0.717, 1.165) is 37.6 Å². The van der Waals surface area contributed by atoms with Gasteiger partial charge in [-0.2, -0.15) is 11.8 Å². The number of nitrogens with zero attached hydrogens (tertiary/aromatic N) is 2. The van der Waals surface area contributed by atoms with Crippen LogP contribution in [0.3, 0.4) is 0 Å². The van der Waals surface area contributed by atoms with Crippen LogP contribution in [-0.2, 0) is 4.79 Å². The number of rotatable bonds is 13. The van der Waals surface area contributed by atoms with Crippen LogP contribution in [0.1, 0.15) is 81.9 Å². The lowest BCUT2D eigenvalue weighted by atomic mass is 9.92. The molecule has 1 N–H and O–H groups in total. The number of thioether (sulfide) groups is 1. The highest BCUT2D eigenvalue weighted by molar-refractivity contribution is 7.99. The fraction of sp³-hybridized carbons (Fsp3) is 0.581. The molecule has 0 spiro atoms. The molecule has 2 aromatic rings. The normalized spacial score (nSPS) is 14.6. The second kappa shape index (κ2) is 14.7. The fourth-order valence-corrected chi connectivity index (χ4v) is 5.79. The maximum atomic E-state index is 12.7. The quantitative estimate of drug-likeness (QED) is 0.287. The number of para-hydroxylation sites is 1. The van der Waals surface area contributed by atoms with Crippen LogP contribution in [0.2, 0.25) is 0 Å². The Bertz CT molecular complexity index is 924. The summed E-state index contributed by atoms with van der Waals surface area (Å²) in [6.45, 7) is 16.7. The molecule has 0 aromatic heterocycles. The molecule has 1 fully saturated rings. The van der Waals surface area contributed by atoms with Crippen LogP contribution in [0.25, 0.3) is 0 Å². The van der Waals surface area contributed by atoms with E-state index < -0.39 is 0 Å². The number of unbranched alkanes of at least 4 members (excludes halogenated alkanes) is 3. The van der Waals surface area contributed by atoms with Crippen LogP contribution in [-0.4, -0.2) is 55.0 Å². The van der Waals surface area contributed by atoms with Crippen molar-refractivity contribution in [2.24, 2.45) is 0 Å². The Balaban J connectivity index is 1.26. The van der Waals surface area contributed by atoms with E-state index in [2.05, 4.69) is 92.2 Å². The third-order valence-corrected chi connectivity index (χ3v) is 8.17. The molecule has 1 saturated heterocycles. The Hall–Kier alpha value is -1.98. The van der Waals surface area contributed by atoms with Crippen molar-refractivity contribution in [3.8, 4) is 0 Å². The van der Waals surface area contributed by atoms with Gasteiger partial charge < -0.3 is 10.2 Å². The number of carbonyl (C=O) groups excluding carboxylic acids is 1. The van der Waals surface area contributed by atoms with Crippen LogP contribution in [0.5, 0.6) is 0 Å². The summed E-state index contributed by atoms with van der Waals surface area (Å²) < 4.78 is 0. The molecule has 36 heavy (non-hydrogen) atoms. The molecule has 1 heterocycles. The highest BCUT2D eigenvalue weighted by Gasteiger charge is 2.17. The minimum absolute atomic E-state index is 0.125. The number of benzene rings is 2. The summed E-state index contributed by atoms with van der Waals surface area (Å²) in [5.41, 5.74) is 6.20. The Morgan fingerprint density at radius 2 is 1.53 bits per heavy atom. The zero-order valence-electron chi connectivity index (χ0n) is 23.2. The maximum Gasteiger partial charge on any atom is 0.234 e. The molecule has 0 aliphatic carbocycles. The minimum Gasteiger partial charge on any atom is -0.369 e. The Morgan fingerprint density at radius 3 is 2.17 bits per heavy atom. The van der Waals surface area contributed by atoms with E-state index in [-0.39, 0.29) is 5.91 Å². The molecule has 1 aliphatic heterocycles. The van der Waals surface area contributed by atoms with E-state index in [0.29, 0.717) is 17.6 Å². The molecule has 1 amide bonds. The van der Waals surface area contributed by atoms with Crippen molar-refractivity contribution in [2.45, 2.75) is 72.1 Å². The smallest absolute Gasteiger partial charge is 0.234 e. The fourth-order valence-electron chi connectivity index (χ4n) is 4.98. The molecule has 0 radical (unpaired) electrons. The monoisotopic (exact) mass is 509 g/mol. The number of hydrogen-bond acceptors (Lipinski definition) is 4. The minimum atomic E-state index is 0.125. The van der Waals surface area contributed by atoms with E-state index in [1.165, 1.54) is 54.6 Å². The number of carbonyl (C=O) groups is 1. The van der Waals surface area contributed by atoms with Gasteiger partial charge in [0.1, 0.15) is 0 Å². The van der Waals surface area contributed by atoms with Gasteiger partial charge in [0, 0.05) is 37.6 Å². The maximum absolute atomic E-state index is 12.7. The van der Waals surface area contributed by atoms with Gasteiger partial charge in [-0.05, 0) is 72.7 Å². The molecule has 2 aromatic carbocycles. The van der Waals surface area contributed by atoms with E-state index in [4.69, 9.17) is 0 Å². The van der Waals surface area contributed by atoms with Crippen molar-refractivity contribution >= 4 is 29.0 Å². The zero-order chi connectivity index (χ0) is 25.9. The van der Waals surface area contributed by atoms with Crippen LogP contribution in [0.15, 0.2) is 42.5 Å². The third-order valence-electron chi connectivity index (χ3n) is 7.12. The van der Waals surface area contributed by atoms with Crippen molar-refractivity contribution in [1.82, 2.24) is 4.90 Å². The van der Waals surface area contributed by atoms with Gasteiger partial charge in [0.05, 0.1) is 5.75 Å². The topological polar surface area (TPSA) is 35.6 Å². The van der Waals surface area contributed by atoms with Crippen molar-refractivity contribution in [1.29, 1.82) is 0 Å². The molecule has 0 unspecified atom stereocenters. The molecule has 5 heteroatoms. The number of amides is 1. The van der Waals surface area contributed by atoms with Gasteiger partial charge in [0.15, 0.2) is 0 Å². The standard InChI is InChI=1S/C31H47N3OS/c1-24(2)28-14-11-15-29(25(3)4)31(28)32-30(35)23-36-21-9-7-6-8-16-33-17-19-34(20-18-33)27-13-10-12-26(5)22-27/h10-15,22,24-25H,6-9,16-21,23H2,1-5H3,(H,32,35). The second-order valence-electron chi connectivity index (χ2n) is 10.8. The number of aryl methyl sites for hydroxylation is 1. The predicted molar refractivity (Wildman–Crippen MR) is 159 cm³/mol. The van der Waals surface area contributed by atoms with E-state index in [9.17, 15) is 4.79 Å². The molecular weight excluding hydrogens is 462 g/mol. The van der Waals surface area contributed by atoms with E-state index >= 15 is 0 Å². The van der Waals surface area contributed by atoms with Crippen LogP contribution >= 0.6 is 11.8 Å². The van der Waals surface area contributed by atoms with Gasteiger partial charge in [0.2, 0.25) is 5.91 Å². The molecule has 198 valence electrons. The van der Waals surface area contributed by atoms with Gasteiger partial charge in [-0.3, -0.25) is 9.69 Å². The van der Waals surface area contributed by atoms with Gasteiger partial charge in [-0.25, -0.2) is 0 Å². The highest BCUT2D eigenvalue weighted by atomic mass is 32.2. The van der Waals surface area contributed by atoms with E-state index in [1.807, 2.05) is 0 Å². The van der Waals surface area contributed by atoms with Crippen molar-refractivity contribution < 1.29 is 4.79 Å². The molecule has 4 nitrogen and oxygen atoms in total. The lowest BCUT2D eigenvalue weighted by Gasteiger charge is -2.36. The predicted octanol–water partition coefficient (Wildman–Crippen LogP) is 7.30. The van der Waals surface area contributed by atoms with Gasteiger partial charge in [0.25, 0.3) is 0 Å². The molecule has 3 rings (SSSR count). The molecular formula is C31H47N3OS. The largest absolute Gasteiger partial charge is 0.369 e. The third kappa shape index (κ3) is 8.85. The average Bonchev–Trinajstić information content (AvgIpc) is 2.85. The number of piperazine rings is 1. The van der Waals surface area contributed by atoms with Gasteiger partial charge in [-0.1, -0.05) is 70.9 Å². The molecule has 0 atom stereocenters. The molecule has 1 aliphatic rings. The first-order valence-corrected chi connectivity index (χ1v) is 15.0. The summed E-state index contributed by atoms with van der Waals surface area (Å²) in [5, 5.41) is 3.24. The van der Waals surface area contributed by atoms with Gasteiger partial charge in [-0.15, -0.1) is 0 Å². The first kappa shape index (κ1) is 28.6. The van der Waals surface area contributed by atoms with Crippen LogP contribution in [0, 0.1) is 6.92 Å². The first-order chi connectivity index (χ1) is 17.3. The molecule has 0 bridgehead atoms. The summed E-state index contributed by atoms with van der Waals surface area (Å²) in [5.74, 6) is 2.51. The number of hydrogen-bond donors (Lipinski definition) is 1. The van der Waals surface area contributed by atoms with E-state index in [1.54, 1.807) is 11.8 Å². The summed E-state index contributed by atoms with van der Waals surface area (Å²) in [6, 6.07) is 15.3. The Morgan fingerprint density at radius 1 is 0.889 bits per heavy atom.